The number of aryl methyl sites for hydroxylation is 1. The molecule has 0 fully saturated rings. The van der Waals surface area contributed by atoms with E-state index in [0.717, 1.165) is 16.5 Å². The molecule has 2 aromatic heterocycles. The summed E-state index contributed by atoms with van der Waals surface area (Å²) in [6.45, 7) is 2.42. The first kappa shape index (κ1) is 22.0. The largest absolute Gasteiger partial charge is 0.493 e. The number of furan rings is 1. The molecular formula is C25H25N3O5. The second-order valence-corrected chi connectivity index (χ2v) is 7.40. The quantitative estimate of drug-likeness (QED) is 0.399. The van der Waals surface area contributed by atoms with E-state index in [0.29, 0.717) is 40.9 Å². The van der Waals surface area contributed by atoms with E-state index in [4.69, 9.17) is 18.6 Å². The number of hydrogen-bond donors (Lipinski definition) is 2. The number of nitrogens with zero attached hydrogens (tertiary/aromatic N) is 1. The fraction of sp³-hybridized carbons (Fsp3) is 0.200. The molecule has 2 heterocycles. The van der Waals surface area contributed by atoms with Crippen LogP contribution in [-0.4, -0.2) is 32.2 Å². The second-order valence-electron chi connectivity index (χ2n) is 7.40. The average Bonchev–Trinajstić information content (AvgIpc) is 3.32. The Morgan fingerprint density at radius 3 is 2.30 bits per heavy atom. The van der Waals surface area contributed by atoms with Gasteiger partial charge in [-0.2, -0.15) is 0 Å². The lowest BCUT2D eigenvalue weighted by Crippen LogP contribution is -2.24. The minimum atomic E-state index is -0.304. The Bertz CT molecular complexity index is 1260. The van der Waals surface area contributed by atoms with Gasteiger partial charge in [-0.05, 0) is 18.6 Å². The number of carbonyl (C=O) groups excluding carboxylic acids is 1. The highest BCUT2D eigenvalue weighted by atomic mass is 16.5. The normalized spacial score (nSPS) is 10.7. The maximum atomic E-state index is 12.8. The van der Waals surface area contributed by atoms with Gasteiger partial charge in [0, 0.05) is 30.4 Å². The molecule has 8 nitrogen and oxygen atoms in total. The fourth-order valence-electron chi connectivity index (χ4n) is 3.45. The van der Waals surface area contributed by atoms with Crippen LogP contribution in [0.25, 0.3) is 11.0 Å². The van der Waals surface area contributed by atoms with Gasteiger partial charge in [0.25, 0.3) is 5.91 Å². The van der Waals surface area contributed by atoms with Gasteiger partial charge in [-0.15, -0.1) is 0 Å². The molecule has 1 amide bonds. The van der Waals surface area contributed by atoms with E-state index in [1.807, 2.05) is 31.2 Å². The average molecular weight is 447 g/mol. The highest BCUT2D eigenvalue weighted by Crippen LogP contribution is 2.41. The summed E-state index contributed by atoms with van der Waals surface area (Å²) in [6.07, 6.45) is 1.56. The summed E-state index contributed by atoms with van der Waals surface area (Å²) in [5.41, 5.74) is 3.60. The van der Waals surface area contributed by atoms with E-state index < -0.39 is 0 Å². The van der Waals surface area contributed by atoms with E-state index in [-0.39, 0.29) is 11.6 Å². The molecule has 0 aliphatic rings. The maximum Gasteiger partial charge on any atom is 0.270 e. The van der Waals surface area contributed by atoms with Crippen molar-refractivity contribution >= 4 is 28.4 Å². The lowest BCUT2D eigenvalue weighted by atomic mass is 10.1. The van der Waals surface area contributed by atoms with E-state index in [1.165, 1.54) is 0 Å². The van der Waals surface area contributed by atoms with Gasteiger partial charge in [0.15, 0.2) is 11.5 Å². The third kappa shape index (κ3) is 4.69. The van der Waals surface area contributed by atoms with Crippen LogP contribution in [0.1, 0.15) is 21.6 Å². The summed E-state index contributed by atoms with van der Waals surface area (Å²) in [4.78, 5) is 17.4. The molecule has 0 spiro atoms. The first-order valence-corrected chi connectivity index (χ1v) is 10.3. The topological polar surface area (TPSA) is 94.9 Å². The zero-order chi connectivity index (χ0) is 23.4. The summed E-state index contributed by atoms with van der Waals surface area (Å²) >= 11 is 0. The Balaban J connectivity index is 1.63. The minimum absolute atomic E-state index is 0.236. The first-order chi connectivity index (χ1) is 16.0. The van der Waals surface area contributed by atoms with Crippen molar-refractivity contribution in [3.63, 3.8) is 0 Å². The molecule has 4 rings (SSSR count). The number of ether oxygens (including phenoxy) is 3. The molecule has 0 bridgehead atoms. The van der Waals surface area contributed by atoms with Crippen LogP contribution in [0.15, 0.2) is 59.2 Å². The summed E-state index contributed by atoms with van der Waals surface area (Å²) in [7, 11) is 4.64. The van der Waals surface area contributed by atoms with Crippen LogP contribution in [-0.2, 0) is 6.54 Å². The van der Waals surface area contributed by atoms with Gasteiger partial charge in [0.2, 0.25) is 5.75 Å². The highest BCUT2D eigenvalue weighted by Gasteiger charge is 2.17. The number of benzene rings is 2. The van der Waals surface area contributed by atoms with Crippen molar-refractivity contribution in [1.82, 2.24) is 10.3 Å². The van der Waals surface area contributed by atoms with E-state index in [1.54, 1.807) is 51.9 Å². The first-order valence-electron chi connectivity index (χ1n) is 10.3. The number of hydrogen-bond acceptors (Lipinski definition) is 7. The molecule has 0 aliphatic carbocycles. The van der Waals surface area contributed by atoms with Crippen molar-refractivity contribution in [2.24, 2.45) is 0 Å². The molecule has 170 valence electrons. The monoisotopic (exact) mass is 447 g/mol. The zero-order valence-electron chi connectivity index (χ0n) is 18.9. The standard InChI is InChI=1S/C25H25N3O5/c1-15-5-7-16(8-6-15)14-26-25(29)19-13-20-18(9-10-33-20)24(28-19)27-17-11-21(30-2)23(32-4)22(12-17)31-3/h5-13H,14H2,1-4H3,(H,26,29)(H,27,28). The molecule has 0 unspecified atom stereocenters. The summed E-state index contributed by atoms with van der Waals surface area (Å²) in [6, 6.07) is 14.9. The van der Waals surface area contributed by atoms with Crippen LogP contribution in [0.2, 0.25) is 0 Å². The molecule has 0 aliphatic heterocycles. The number of amides is 1. The minimum Gasteiger partial charge on any atom is -0.493 e. The highest BCUT2D eigenvalue weighted by molar-refractivity contribution is 5.99. The van der Waals surface area contributed by atoms with Crippen LogP contribution in [0, 0.1) is 6.92 Å². The molecule has 2 N–H and O–H groups in total. The smallest absolute Gasteiger partial charge is 0.270 e. The third-order valence-electron chi connectivity index (χ3n) is 5.18. The zero-order valence-corrected chi connectivity index (χ0v) is 18.9. The van der Waals surface area contributed by atoms with Gasteiger partial charge in [-0.1, -0.05) is 29.8 Å². The Labute approximate surface area is 191 Å². The summed E-state index contributed by atoms with van der Waals surface area (Å²) in [5, 5.41) is 6.88. The van der Waals surface area contributed by atoms with Crippen molar-refractivity contribution in [3.05, 3.63) is 71.6 Å². The summed E-state index contributed by atoms with van der Waals surface area (Å²) in [5.74, 6) is 1.64. The molecule has 0 saturated heterocycles. The Morgan fingerprint density at radius 1 is 0.970 bits per heavy atom. The van der Waals surface area contributed by atoms with E-state index >= 15 is 0 Å². The van der Waals surface area contributed by atoms with Crippen LogP contribution in [0.5, 0.6) is 17.2 Å². The molecule has 0 saturated carbocycles. The van der Waals surface area contributed by atoms with Gasteiger partial charge in [-0.25, -0.2) is 4.98 Å². The number of rotatable bonds is 8. The van der Waals surface area contributed by atoms with Crippen molar-refractivity contribution in [1.29, 1.82) is 0 Å². The molecule has 4 aromatic rings. The van der Waals surface area contributed by atoms with Gasteiger partial charge in [-0.3, -0.25) is 4.79 Å². The number of pyridine rings is 1. The molecule has 8 heteroatoms. The Hall–Kier alpha value is -4.20. The molecule has 0 radical (unpaired) electrons. The van der Waals surface area contributed by atoms with Crippen molar-refractivity contribution in [3.8, 4) is 17.2 Å². The number of fused-ring (bicyclic) bond motifs is 1. The second kappa shape index (κ2) is 9.52. The number of aromatic nitrogens is 1. The molecule has 33 heavy (non-hydrogen) atoms. The fourth-order valence-corrected chi connectivity index (χ4v) is 3.45. The maximum absolute atomic E-state index is 12.8. The van der Waals surface area contributed by atoms with Gasteiger partial charge < -0.3 is 29.3 Å². The lowest BCUT2D eigenvalue weighted by molar-refractivity contribution is 0.0946. The SMILES string of the molecule is COc1cc(Nc2nc(C(=O)NCc3ccc(C)cc3)cc3occc23)cc(OC)c1OC. The van der Waals surface area contributed by atoms with Gasteiger partial charge >= 0.3 is 0 Å². The summed E-state index contributed by atoms with van der Waals surface area (Å²) < 4.78 is 21.8. The number of nitrogens with one attached hydrogen (secondary N) is 2. The van der Waals surface area contributed by atoms with E-state index in [2.05, 4.69) is 15.6 Å². The molecule has 0 atom stereocenters. The van der Waals surface area contributed by atoms with Crippen molar-refractivity contribution < 1.29 is 23.4 Å². The predicted octanol–water partition coefficient (Wildman–Crippen LogP) is 4.84. The van der Waals surface area contributed by atoms with Crippen LogP contribution >= 0.6 is 0 Å². The third-order valence-corrected chi connectivity index (χ3v) is 5.18. The lowest BCUT2D eigenvalue weighted by Gasteiger charge is -2.15. The van der Waals surface area contributed by atoms with Gasteiger partial charge in [0.1, 0.15) is 17.1 Å². The van der Waals surface area contributed by atoms with Crippen molar-refractivity contribution in [2.75, 3.05) is 26.6 Å². The van der Waals surface area contributed by atoms with Crippen LogP contribution in [0.4, 0.5) is 11.5 Å². The van der Waals surface area contributed by atoms with Crippen molar-refractivity contribution in [2.45, 2.75) is 13.5 Å². The van der Waals surface area contributed by atoms with E-state index in [9.17, 15) is 4.79 Å². The predicted molar refractivity (Wildman–Crippen MR) is 126 cm³/mol. The van der Waals surface area contributed by atoms with Gasteiger partial charge in [0.05, 0.1) is 33.0 Å². The van der Waals surface area contributed by atoms with Crippen LogP contribution < -0.4 is 24.8 Å². The van der Waals surface area contributed by atoms with Crippen LogP contribution in [0.3, 0.4) is 0 Å². The molecular weight excluding hydrogens is 422 g/mol. The number of methoxy groups -OCH3 is 3. The molecule has 2 aromatic carbocycles. The Morgan fingerprint density at radius 2 is 1.67 bits per heavy atom. The number of carbonyl (C=O) groups is 1. The Kier molecular flexibility index (Phi) is 6.35. The number of anilines is 2.